The minimum Gasteiger partial charge on any atom is -0.455 e. The van der Waals surface area contributed by atoms with E-state index in [-0.39, 0.29) is 0 Å². The maximum Gasteiger partial charge on any atom is 0.145 e. The van der Waals surface area contributed by atoms with Crippen LogP contribution in [0, 0.1) is 0 Å². The first-order valence-electron chi connectivity index (χ1n) is 25.4. The van der Waals surface area contributed by atoms with Crippen LogP contribution in [0.25, 0.3) is 121 Å². The zero-order valence-corrected chi connectivity index (χ0v) is 40.5. The van der Waals surface area contributed by atoms with Crippen LogP contribution in [0.5, 0.6) is 0 Å². The number of hydrogen-bond donors (Lipinski definition) is 0. The minimum atomic E-state index is 0.856. The molecule has 0 atom stereocenters. The molecule has 14 aromatic rings. The lowest BCUT2D eigenvalue weighted by Crippen LogP contribution is -2.10. The first kappa shape index (κ1) is 43.1. The summed E-state index contributed by atoms with van der Waals surface area (Å²) in [5, 5.41) is 9.50. The Kier molecular flexibility index (Phi) is 10.6. The number of anilines is 3. The number of hydrogen-bond acceptors (Lipinski definition) is 2. The van der Waals surface area contributed by atoms with Gasteiger partial charge < -0.3 is 9.32 Å². The highest BCUT2D eigenvalue weighted by Gasteiger charge is 2.23. The maximum atomic E-state index is 6.96. The Morgan fingerprint density at radius 3 is 1.32 bits per heavy atom. The molecule has 2 nitrogen and oxygen atoms in total. The lowest BCUT2D eigenvalue weighted by molar-refractivity contribution is 0.670. The first-order chi connectivity index (χ1) is 36.7. The van der Waals surface area contributed by atoms with Gasteiger partial charge in [-0.2, -0.15) is 0 Å². The summed E-state index contributed by atoms with van der Waals surface area (Å²) in [5.41, 5.74) is 18.9. The van der Waals surface area contributed by atoms with Crippen molar-refractivity contribution in [3.8, 4) is 66.8 Å². The first-order valence-corrected chi connectivity index (χ1v) is 25.4. The fourth-order valence-electron chi connectivity index (χ4n) is 11.2. The third-order valence-electron chi connectivity index (χ3n) is 14.9. The van der Waals surface area contributed by atoms with Crippen LogP contribution in [0.15, 0.2) is 290 Å². The molecule has 13 aromatic carbocycles. The van der Waals surface area contributed by atoms with Crippen LogP contribution < -0.4 is 4.90 Å². The largest absolute Gasteiger partial charge is 0.455 e. The fraction of sp³-hybridized carbons (Fsp3) is 0. The highest BCUT2D eigenvalue weighted by molar-refractivity contribution is 6.18. The minimum absolute atomic E-state index is 0.856. The van der Waals surface area contributed by atoms with Crippen molar-refractivity contribution in [2.24, 2.45) is 0 Å². The lowest BCUT2D eigenvalue weighted by Gasteiger charge is -2.27. The second-order valence-electron chi connectivity index (χ2n) is 19.2. The molecule has 0 radical (unpaired) electrons. The van der Waals surface area contributed by atoms with Gasteiger partial charge in [-0.05, 0) is 148 Å². The van der Waals surface area contributed by atoms with Gasteiger partial charge in [0.2, 0.25) is 0 Å². The molecule has 0 aliphatic heterocycles. The molecule has 0 bridgehead atoms. The zero-order valence-electron chi connectivity index (χ0n) is 40.5. The predicted octanol–water partition coefficient (Wildman–Crippen LogP) is 20.5. The Morgan fingerprint density at radius 1 is 0.243 bits per heavy atom. The van der Waals surface area contributed by atoms with Gasteiger partial charge in [-0.1, -0.05) is 231 Å². The molecule has 0 saturated carbocycles. The summed E-state index contributed by atoms with van der Waals surface area (Å²) in [6.45, 7) is 0. The Balaban J connectivity index is 0.890. The quantitative estimate of drug-likeness (QED) is 0.143. The van der Waals surface area contributed by atoms with E-state index >= 15 is 0 Å². The summed E-state index contributed by atoms with van der Waals surface area (Å²) in [6.07, 6.45) is 0. The van der Waals surface area contributed by atoms with Crippen LogP contribution in [0.4, 0.5) is 17.1 Å². The molecule has 0 unspecified atom stereocenters. The number of rotatable bonds is 9. The summed E-state index contributed by atoms with van der Waals surface area (Å²) < 4.78 is 6.96. The Bertz CT molecular complexity index is 4410. The molecule has 0 N–H and O–H groups in total. The Morgan fingerprint density at radius 2 is 0.676 bits per heavy atom. The van der Waals surface area contributed by atoms with Gasteiger partial charge in [-0.15, -0.1) is 0 Å². The summed E-state index contributed by atoms with van der Waals surface area (Å²) in [7, 11) is 0. The van der Waals surface area contributed by atoms with Crippen molar-refractivity contribution in [2.45, 2.75) is 0 Å². The number of benzene rings is 13. The monoisotopic (exact) mass is 941 g/mol. The van der Waals surface area contributed by atoms with Gasteiger partial charge in [0.15, 0.2) is 0 Å². The van der Waals surface area contributed by atoms with Crippen molar-refractivity contribution in [2.75, 3.05) is 4.90 Å². The molecule has 1 aromatic heterocycles. The molecule has 14 rings (SSSR count). The number of nitrogens with zero attached hydrogens (tertiary/aromatic N) is 1. The van der Waals surface area contributed by atoms with E-state index in [4.69, 9.17) is 4.42 Å². The normalized spacial score (nSPS) is 11.5. The molecule has 74 heavy (non-hydrogen) atoms. The van der Waals surface area contributed by atoms with Crippen molar-refractivity contribution >= 4 is 71.3 Å². The van der Waals surface area contributed by atoms with Crippen LogP contribution in [0.2, 0.25) is 0 Å². The van der Waals surface area contributed by atoms with E-state index in [1.807, 2.05) is 0 Å². The SMILES string of the molecule is c1ccc(-c2ccccc2-c2ccc3ccccc3c2)c(-c2ccc(N(c3ccc(-c4ccc(-c5ccc6ccccc6c5)cc4)cc3)c3ccc(-c4cccc5ccccc45)c4oc5ccccc5c34)cc2)c1. The number of fused-ring (bicyclic) bond motifs is 6. The van der Waals surface area contributed by atoms with Gasteiger partial charge in [0.1, 0.15) is 11.2 Å². The van der Waals surface area contributed by atoms with Gasteiger partial charge in [0, 0.05) is 22.3 Å². The van der Waals surface area contributed by atoms with Crippen molar-refractivity contribution in [3.63, 3.8) is 0 Å². The van der Waals surface area contributed by atoms with Gasteiger partial charge in [-0.3, -0.25) is 0 Å². The van der Waals surface area contributed by atoms with Crippen LogP contribution >= 0.6 is 0 Å². The van der Waals surface area contributed by atoms with Crippen LogP contribution in [-0.4, -0.2) is 0 Å². The van der Waals surface area contributed by atoms with Crippen molar-refractivity contribution in [3.05, 3.63) is 285 Å². The second-order valence-corrected chi connectivity index (χ2v) is 19.2. The van der Waals surface area contributed by atoms with Gasteiger partial charge in [0.25, 0.3) is 0 Å². The molecular formula is C72H47NO. The van der Waals surface area contributed by atoms with Crippen molar-refractivity contribution in [1.82, 2.24) is 0 Å². The van der Waals surface area contributed by atoms with E-state index < -0.39 is 0 Å². The highest BCUT2D eigenvalue weighted by Crippen LogP contribution is 2.48. The molecule has 346 valence electrons. The third-order valence-corrected chi connectivity index (χ3v) is 14.9. The third kappa shape index (κ3) is 7.60. The van der Waals surface area contributed by atoms with Crippen LogP contribution in [0.1, 0.15) is 0 Å². The molecule has 0 amide bonds. The second kappa shape index (κ2) is 18.1. The highest BCUT2D eigenvalue weighted by atomic mass is 16.3. The van der Waals surface area contributed by atoms with Crippen LogP contribution in [-0.2, 0) is 0 Å². The van der Waals surface area contributed by atoms with E-state index in [9.17, 15) is 0 Å². The average molecular weight is 942 g/mol. The zero-order chi connectivity index (χ0) is 49.0. The standard InChI is InChI=1S/C72H47NO/c1-3-17-55-46-57(34-32-48(55)14-1)52-30-28-50(29-31-52)51-36-40-59(41-37-51)73(69-45-44-67(66-26-13-19-53-16-5-6-20-61(53)66)72-71(69)68-25-11-12-27-70(68)74-72)60-42-38-54(39-43-60)62-21-7-9-23-64(62)65-24-10-8-22-63(65)58-35-33-49-15-2-4-18-56(49)47-58/h1-47H. The van der Waals surface area contributed by atoms with Crippen LogP contribution in [0.3, 0.4) is 0 Å². The molecule has 0 saturated heterocycles. The Hall–Kier alpha value is -9.76. The lowest BCUT2D eigenvalue weighted by atomic mass is 9.89. The van der Waals surface area contributed by atoms with Gasteiger partial charge in [-0.25, -0.2) is 0 Å². The molecule has 0 aliphatic rings. The Labute approximate surface area is 430 Å². The van der Waals surface area contributed by atoms with E-state index in [1.54, 1.807) is 0 Å². The van der Waals surface area contributed by atoms with E-state index in [1.165, 1.54) is 76.8 Å². The molecular weight excluding hydrogens is 895 g/mol. The van der Waals surface area contributed by atoms with Crippen molar-refractivity contribution in [1.29, 1.82) is 0 Å². The molecule has 2 heteroatoms. The molecule has 0 fully saturated rings. The fourth-order valence-corrected chi connectivity index (χ4v) is 11.2. The van der Waals surface area contributed by atoms with Crippen molar-refractivity contribution < 1.29 is 4.42 Å². The maximum absolute atomic E-state index is 6.96. The smallest absolute Gasteiger partial charge is 0.145 e. The molecule has 0 aliphatic carbocycles. The van der Waals surface area contributed by atoms with Gasteiger partial charge in [0.05, 0.1) is 11.1 Å². The molecule has 0 spiro atoms. The summed E-state index contributed by atoms with van der Waals surface area (Å²) in [5.74, 6) is 0. The molecule has 1 heterocycles. The number of furan rings is 1. The topological polar surface area (TPSA) is 16.4 Å². The summed E-state index contributed by atoms with van der Waals surface area (Å²) in [6, 6.07) is 103. The van der Waals surface area contributed by atoms with E-state index in [0.717, 1.165) is 61.3 Å². The predicted molar refractivity (Wildman–Crippen MR) is 314 cm³/mol. The average Bonchev–Trinajstić information content (AvgIpc) is 3.88. The van der Waals surface area contributed by atoms with E-state index in [0.29, 0.717) is 0 Å². The summed E-state index contributed by atoms with van der Waals surface area (Å²) in [4.78, 5) is 2.40. The number of para-hydroxylation sites is 1. The van der Waals surface area contributed by atoms with Gasteiger partial charge >= 0.3 is 0 Å². The summed E-state index contributed by atoms with van der Waals surface area (Å²) >= 11 is 0. The van der Waals surface area contributed by atoms with E-state index in [2.05, 4.69) is 290 Å².